The number of nitrogens with zero attached hydrogens (tertiary/aromatic N) is 1. The molecule has 1 heterocycles. The third-order valence-electron chi connectivity index (χ3n) is 2.62. The lowest BCUT2D eigenvalue weighted by atomic mass is 10.2. The second kappa shape index (κ2) is 6.33. The monoisotopic (exact) mass is 277 g/mol. The number of rotatable bonds is 5. The molecule has 100 valence electrons. The Bertz CT molecular complexity index is 572. The van der Waals surface area contributed by atoms with Gasteiger partial charge in [-0.1, -0.05) is 12.1 Å². The zero-order valence-corrected chi connectivity index (χ0v) is 11.6. The van der Waals surface area contributed by atoms with Crippen LogP contribution in [0.1, 0.15) is 5.56 Å². The van der Waals surface area contributed by atoms with Crippen LogP contribution in [-0.2, 0) is 16.6 Å². The fraction of sp³-hybridized carbons (Fsp3) is 0.214. The Balaban J connectivity index is 2.18. The number of aromatic nitrogens is 1. The van der Waals surface area contributed by atoms with Gasteiger partial charge in [0.1, 0.15) is 5.03 Å². The van der Waals surface area contributed by atoms with Crippen LogP contribution in [0, 0.1) is 0 Å². The highest BCUT2D eigenvalue weighted by atomic mass is 32.2. The minimum Gasteiger partial charge on any atom is -0.493 e. The van der Waals surface area contributed by atoms with Gasteiger partial charge in [-0.2, -0.15) is 0 Å². The first-order valence-electron chi connectivity index (χ1n) is 5.75. The quantitative estimate of drug-likeness (QED) is 0.842. The van der Waals surface area contributed by atoms with E-state index in [-0.39, 0.29) is 0 Å². The third-order valence-corrected chi connectivity index (χ3v) is 3.92. The Labute approximate surface area is 114 Å². The van der Waals surface area contributed by atoms with Crippen molar-refractivity contribution in [2.24, 2.45) is 0 Å². The maximum absolute atomic E-state index is 12.1. The highest BCUT2D eigenvalue weighted by molar-refractivity contribution is 7.84. The third kappa shape index (κ3) is 3.32. The molecule has 1 aromatic carbocycles. The highest BCUT2D eigenvalue weighted by Crippen LogP contribution is 2.28. The Morgan fingerprint density at radius 2 is 1.89 bits per heavy atom. The van der Waals surface area contributed by atoms with E-state index >= 15 is 0 Å². The summed E-state index contributed by atoms with van der Waals surface area (Å²) in [4.78, 5) is 4.10. The van der Waals surface area contributed by atoms with Gasteiger partial charge in [-0.15, -0.1) is 0 Å². The Morgan fingerprint density at radius 1 is 1.11 bits per heavy atom. The Kier molecular flexibility index (Phi) is 4.52. The topological polar surface area (TPSA) is 48.4 Å². The van der Waals surface area contributed by atoms with Gasteiger partial charge in [0.15, 0.2) is 11.5 Å². The number of methoxy groups -OCH3 is 2. The summed E-state index contributed by atoms with van der Waals surface area (Å²) in [5.74, 6) is 1.70. The average Bonchev–Trinajstić information content (AvgIpc) is 2.48. The number of benzene rings is 1. The summed E-state index contributed by atoms with van der Waals surface area (Å²) in [5, 5.41) is 0.581. The fourth-order valence-corrected chi connectivity index (χ4v) is 2.72. The first-order valence-corrected chi connectivity index (χ1v) is 7.07. The zero-order chi connectivity index (χ0) is 13.7. The van der Waals surface area contributed by atoms with Crippen molar-refractivity contribution in [2.75, 3.05) is 14.2 Å². The molecule has 0 aliphatic carbocycles. The van der Waals surface area contributed by atoms with Crippen LogP contribution in [0.2, 0.25) is 0 Å². The van der Waals surface area contributed by atoms with Crippen molar-refractivity contribution >= 4 is 10.8 Å². The number of hydrogen-bond donors (Lipinski definition) is 0. The van der Waals surface area contributed by atoms with Gasteiger partial charge in [0.05, 0.1) is 30.8 Å². The molecule has 0 spiro atoms. The van der Waals surface area contributed by atoms with Crippen molar-refractivity contribution < 1.29 is 13.7 Å². The van der Waals surface area contributed by atoms with E-state index in [4.69, 9.17) is 9.47 Å². The summed E-state index contributed by atoms with van der Waals surface area (Å²) >= 11 is 0. The number of ether oxygens (including phenoxy) is 2. The summed E-state index contributed by atoms with van der Waals surface area (Å²) in [7, 11) is 2.01. The summed E-state index contributed by atoms with van der Waals surface area (Å²) in [6.45, 7) is 0. The SMILES string of the molecule is COc1ccc(CS(=O)c2ccccn2)cc1OC. The molecule has 0 aliphatic rings. The first kappa shape index (κ1) is 13.5. The van der Waals surface area contributed by atoms with Crippen LogP contribution < -0.4 is 9.47 Å². The molecule has 0 bridgehead atoms. The van der Waals surface area contributed by atoms with Gasteiger partial charge in [0.2, 0.25) is 0 Å². The van der Waals surface area contributed by atoms with Gasteiger partial charge in [-0.3, -0.25) is 4.21 Å². The summed E-state index contributed by atoms with van der Waals surface area (Å²) in [6.07, 6.45) is 1.64. The lowest BCUT2D eigenvalue weighted by Crippen LogP contribution is -1.99. The van der Waals surface area contributed by atoms with Crippen LogP contribution in [-0.4, -0.2) is 23.4 Å². The van der Waals surface area contributed by atoms with Gasteiger partial charge in [-0.05, 0) is 29.8 Å². The molecule has 1 aromatic heterocycles. The van der Waals surface area contributed by atoms with E-state index in [1.165, 1.54) is 0 Å². The van der Waals surface area contributed by atoms with Crippen molar-refractivity contribution in [3.8, 4) is 11.5 Å². The molecule has 1 atom stereocenters. The number of pyridine rings is 1. The molecule has 1 unspecified atom stereocenters. The van der Waals surface area contributed by atoms with Crippen molar-refractivity contribution in [3.05, 3.63) is 48.2 Å². The Hall–Kier alpha value is -1.88. The molecule has 19 heavy (non-hydrogen) atoms. The molecule has 0 radical (unpaired) electrons. The van der Waals surface area contributed by atoms with E-state index in [1.807, 2.05) is 24.3 Å². The maximum Gasteiger partial charge on any atom is 0.161 e. The van der Waals surface area contributed by atoms with Crippen molar-refractivity contribution in [3.63, 3.8) is 0 Å². The van der Waals surface area contributed by atoms with Crippen LogP contribution in [0.25, 0.3) is 0 Å². The molecule has 0 amide bonds. The minimum absolute atomic E-state index is 0.400. The molecule has 2 aromatic rings. The van der Waals surface area contributed by atoms with E-state index in [0.717, 1.165) is 5.56 Å². The molecule has 0 fully saturated rings. The normalized spacial score (nSPS) is 11.9. The van der Waals surface area contributed by atoms with E-state index in [1.54, 1.807) is 32.5 Å². The molecular formula is C14H15NO3S. The van der Waals surface area contributed by atoms with Crippen LogP contribution >= 0.6 is 0 Å². The minimum atomic E-state index is -1.16. The molecular weight excluding hydrogens is 262 g/mol. The van der Waals surface area contributed by atoms with Crippen LogP contribution in [0.5, 0.6) is 11.5 Å². The molecule has 4 nitrogen and oxygen atoms in total. The molecule has 0 N–H and O–H groups in total. The standard InChI is InChI=1S/C14H15NO3S/c1-17-12-7-6-11(9-13(12)18-2)10-19(16)14-5-3-4-8-15-14/h3-9H,10H2,1-2H3. The second-order valence-corrected chi connectivity index (χ2v) is 5.25. The van der Waals surface area contributed by atoms with E-state index in [0.29, 0.717) is 22.3 Å². The smallest absolute Gasteiger partial charge is 0.161 e. The molecule has 0 saturated heterocycles. The molecule has 5 heteroatoms. The van der Waals surface area contributed by atoms with Crippen LogP contribution in [0.3, 0.4) is 0 Å². The van der Waals surface area contributed by atoms with Gasteiger partial charge in [-0.25, -0.2) is 4.98 Å². The summed E-state index contributed by atoms with van der Waals surface area (Å²) in [6, 6.07) is 10.9. The molecule has 0 aliphatic heterocycles. The second-order valence-electron chi connectivity index (χ2n) is 3.85. The van der Waals surface area contributed by atoms with Gasteiger partial charge in [0, 0.05) is 6.20 Å². The van der Waals surface area contributed by atoms with Gasteiger partial charge in [0.25, 0.3) is 0 Å². The number of hydrogen-bond acceptors (Lipinski definition) is 4. The van der Waals surface area contributed by atoms with Gasteiger partial charge >= 0.3 is 0 Å². The summed E-state index contributed by atoms with van der Waals surface area (Å²) in [5.41, 5.74) is 0.918. The predicted molar refractivity (Wildman–Crippen MR) is 73.9 cm³/mol. The molecule has 0 saturated carbocycles. The highest BCUT2D eigenvalue weighted by Gasteiger charge is 2.09. The first-order chi connectivity index (χ1) is 9.24. The van der Waals surface area contributed by atoms with Crippen molar-refractivity contribution in [1.29, 1.82) is 0 Å². The lowest BCUT2D eigenvalue weighted by molar-refractivity contribution is 0.354. The average molecular weight is 277 g/mol. The van der Waals surface area contributed by atoms with Crippen LogP contribution in [0.4, 0.5) is 0 Å². The molecule has 2 rings (SSSR count). The Morgan fingerprint density at radius 3 is 2.53 bits per heavy atom. The van der Waals surface area contributed by atoms with E-state index in [9.17, 15) is 4.21 Å². The van der Waals surface area contributed by atoms with Gasteiger partial charge < -0.3 is 9.47 Å². The van der Waals surface area contributed by atoms with Crippen LogP contribution in [0.15, 0.2) is 47.6 Å². The zero-order valence-electron chi connectivity index (χ0n) is 10.8. The maximum atomic E-state index is 12.1. The lowest BCUT2D eigenvalue weighted by Gasteiger charge is -2.09. The van der Waals surface area contributed by atoms with Crippen molar-refractivity contribution in [1.82, 2.24) is 4.98 Å². The largest absolute Gasteiger partial charge is 0.493 e. The van der Waals surface area contributed by atoms with E-state index in [2.05, 4.69) is 4.98 Å². The predicted octanol–water partition coefficient (Wildman–Crippen LogP) is 2.41. The summed E-state index contributed by atoms with van der Waals surface area (Å²) < 4.78 is 22.5. The van der Waals surface area contributed by atoms with E-state index < -0.39 is 10.8 Å². The van der Waals surface area contributed by atoms with Crippen molar-refractivity contribution in [2.45, 2.75) is 10.8 Å². The fourth-order valence-electron chi connectivity index (χ4n) is 1.68.